The number of aromatic hydroxyl groups is 8. The number of hydrogen-bond donors (Lipinski definition) is 8. The van der Waals surface area contributed by atoms with Gasteiger partial charge >= 0.3 is 5.97 Å². The topological polar surface area (TPSA) is 197 Å². The highest BCUT2D eigenvalue weighted by Crippen LogP contribution is 2.46. The fourth-order valence-corrected chi connectivity index (χ4v) is 3.55. The second-order valence-corrected chi connectivity index (χ2v) is 7.40. The molecular formula is C22H18O11. The predicted octanol–water partition coefficient (Wildman–Crippen LogP) is 2.23. The van der Waals surface area contributed by atoms with Crippen molar-refractivity contribution in [3.8, 4) is 51.7 Å². The van der Waals surface area contributed by atoms with Crippen molar-refractivity contribution in [1.29, 1.82) is 0 Å². The molecule has 0 amide bonds. The molecule has 33 heavy (non-hydrogen) atoms. The van der Waals surface area contributed by atoms with Gasteiger partial charge in [-0.1, -0.05) is 0 Å². The van der Waals surface area contributed by atoms with Gasteiger partial charge in [0.05, 0.1) is 5.56 Å². The summed E-state index contributed by atoms with van der Waals surface area (Å²) in [4.78, 5) is 12.7. The molecule has 1 unspecified atom stereocenters. The smallest absolute Gasteiger partial charge is 0.338 e. The van der Waals surface area contributed by atoms with Crippen molar-refractivity contribution in [3.63, 3.8) is 0 Å². The fourth-order valence-electron chi connectivity index (χ4n) is 3.55. The van der Waals surface area contributed by atoms with E-state index in [9.17, 15) is 45.6 Å². The van der Waals surface area contributed by atoms with Gasteiger partial charge in [-0.25, -0.2) is 4.79 Å². The van der Waals surface area contributed by atoms with E-state index in [0.29, 0.717) is 0 Å². The quantitative estimate of drug-likeness (QED) is 0.212. The van der Waals surface area contributed by atoms with Crippen molar-refractivity contribution in [1.82, 2.24) is 0 Å². The normalized spacial score (nSPS) is 17.1. The SMILES string of the molecule is O=C(OC1Cc2c(O)cc(O)cc2O[C@@H]1c1cc(O)c(O)c(O)c1)c1cc(O)c(O)c(O)c1. The van der Waals surface area contributed by atoms with Crippen LogP contribution in [-0.4, -0.2) is 52.9 Å². The summed E-state index contributed by atoms with van der Waals surface area (Å²) >= 11 is 0. The predicted molar refractivity (Wildman–Crippen MR) is 109 cm³/mol. The van der Waals surface area contributed by atoms with Gasteiger partial charge in [-0.2, -0.15) is 0 Å². The Morgan fingerprint density at radius 2 is 1.30 bits per heavy atom. The van der Waals surface area contributed by atoms with Crippen LogP contribution in [0.3, 0.4) is 0 Å². The molecule has 3 aromatic carbocycles. The Labute approximate surface area is 185 Å². The Bertz CT molecular complexity index is 1220. The highest BCUT2D eigenvalue weighted by Gasteiger charge is 2.37. The first-order valence-electron chi connectivity index (χ1n) is 9.47. The minimum Gasteiger partial charge on any atom is -0.508 e. The van der Waals surface area contributed by atoms with Gasteiger partial charge in [0.15, 0.2) is 40.6 Å². The molecular weight excluding hydrogens is 440 g/mol. The lowest BCUT2D eigenvalue weighted by molar-refractivity contribution is -0.0189. The highest BCUT2D eigenvalue weighted by molar-refractivity contribution is 5.91. The summed E-state index contributed by atoms with van der Waals surface area (Å²) in [6, 6.07) is 6.18. The van der Waals surface area contributed by atoms with Crippen molar-refractivity contribution in [3.05, 3.63) is 53.1 Å². The summed E-state index contributed by atoms with van der Waals surface area (Å²) in [7, 11) is 0. The summed E-state index contributed by atoms with van der Waals surface area (Å²) in [5.41, 5.74) is -0.0189. The summed E-state index contributed by atoms with van der Waals surface area (Å²) in [5, 5.41) is 78.2. The first-order valence-corrected chi connectivity index (χ1v) is 9.47. The number of fused-ring (bicyclic) bond motifs is 1. The van der Waals surface area contributed by atoms with E-state index >= 15 is 0 Å². The fraction of sp³-hybridized carbons (Fsp3) is 0.136. The maximum Gasteiger partial charge on any atom is 0.338 e. The van der Waals surface area contributed by atoms with E-state index < -0.39 is 52.7 Å². The first-order chi connectivity index (χ1) is 15.5. The average Bonchev–Trinajstić information content (AvgIpc) is 2.75. The second kappa shape index (κ2) is 7.79. The van der Waals surface area contributed by atoms with Crippen molar-refractivity contribution >= 4 is 5.97 Å². The van der Waals surface area contributed by atoms with Gasteiger partial charge in [0.25, 0.3) is 0 Å². The summed E-state index contributed by atoms with van der Waals surface area (Å²) in [6.07, 6.45) is -2.49. The Balaban J connectivity index is 1.75. The third-order valence-electron chi connectivity index (χ3n) is 5.15. The lowest BCUT2D eigenvalue weighted by Gasteiger charge is -2.34. The van der Waals surface area contributed by atoms with Crippen LogP contribution in [-0.2, 0) is 11.2 Å². The summed E-state index contributed by atoms with van der Waals surface area (Å²) < 4.78 is 11.3. The van der Waals surface area contributed by atoms with Crippen molar-refractivity contribution in [2.75, 3.05) is 0 Å². The van der Waals surface area contributed by atoms with Gasteiger partial charge < -0.3 is 50.3 Å². The van der Waals surface area contributed by atoms with Crippen LogP contribution in [0.1, 0.15) is 27.6 Å². The third-order valence-corrected chi connectivity index (χ3v) is 5.15. The van der Waals surface area contributed by atoms with Crippen LogP contribution < -0.4 is 4.74 Å². The van der Waals surface area contributed by atoms with Gasteiger partial charge in [0.2, 0.25) is 0 Å². The van der Waals surface area contributed by atoms with Gasteiger partial charge in [0.1, 0.15) is 23.4 Å². The summed E-state index contributed by atoms with van der Waals surface area (Å²) in [5.74, 6) is -6.06. The second-order valence-electron chi connectivity index (χ2n) is 7.40. The van der Waals surface area contributed by atoms with Gasteiger partial charge in [-0.05, 0) is 24.3 Å². The molecule has 0 saturated heterocycles. The monoisotopic (exact) mass is 458 g/mol. The van der Waals surface area contributed by atoms with E-state index in [1.165, 1.54) is 6.07 Å². The number of ether oxygens (including phenoxy) is 2. The standard InChI is InChI=1S/C22H18O11/c23-10-5-12(24)11-7-18(33-22(31)9-3-15(27)20(30)16(28)4-9)21(32-17(11)6-10)8-1-13(25)19(29)14(26)2-8/h1-6,18,21,23-30H,7H2/t18?,21-/m1/s1. The van der Waals surface area contributed by atoms with Crippen molar-refractivity contribution in [2.45, 2.75) is 18.6 Å². The lowest BCUT2D eigenvalue weighted by atomic mass is 9.93. The van der Waals surface area contributed by atoms with Crippen LogP contribution in [0.4, 0.5) is 0 Å². The third kappa shape index (κ3) is 3.87. The highest BCUT2D eigenvalue weighted by atomic mass is 16.6. The minimum atomic E-state index is -1.18. The number of carbonyl (C=O) groups excluding carboxylic acids is 1. The maximum atomic E-state index is 12.7. The molecule has 11 heteroatoms. The first kappa shape index (κ1) is 21.6. The number of carbonyl (C=O) groups is 1. The molecule has 1 aliphatic heterocycles. The molecule has 1 heterocycles. The number of esters is 1. The zero-order chi connectivity index (χ0) is 24.0. The van der Waals surface area contributed by atoms with Crippen molar-refractivity contribution in [2.24, 2.45) is 0 Å². The van der Waals surface area contributed by atoms with Gasteiger partial charge in [-0.3, -0.25) is 0 Å². The number of benzene rings is 3. The molecule has 172 valence electrons. The van der Waals surface area contributed by atoms with E-state index in [1.807, 2.05) is 0 Å². The molecule has 0 spiro atoms. The molecule has 2 atom stereocenters. The van der Waals surface area contributed by atoms with E-state index in [1.54, 1.807) is 0 Å². The molecule has 0 saturated carbocycles. The molecule has 0 aliphatic carbocycles. The zero-order valence-electron chi connectivity index (χ0n) is 16.6. The maximum absolute atomic E-state index is 12.7. The zero-order valence-corrected chi connectivity index (χ0v) is 16.6. The van der Waals surface area contributed by atoms with Gasteiger partial charge in [0, 0.05) is 29.7 Å². The van der Waals surface area contributed by atoms with Gasteiger partial charge in [-0.15, -0.1) is 0 Å². The Morgan fingerprint density at radius 1 is 0.758 bits per heavy atom. The molecule has 8 N–H and O–H groups in total. The molecule has 11 nitrogen and oxygen atoms in total. The summed E-state index contributed by atoms with van der Waals surface area (Å²) in [6.45, 7) is 0. The van der Waals surface area contributed by atoms with E-state index in [0.717, 1.165) is 30.3 Å². The lowest BCUT2D eigenvalue weighted by Crippen LogP contribution is -2.34. The van der Waals surface area contributed by atoms with Crippen LogP contribution in [0.15, 0.2) is 36.4 Å². The molecule has 1 aliphatic rings. The number of phenolic OH excluding ortho intramolecular Hbond substituents is 8. The Morgan fingerprint density at radius 3 is 1.88 bits per heavy atom. The minimum absolute atomic E-state index is 0.0526. The molecule has 0 radical (unpaired) electrons. The van der Waals surface area contributed by atoms with Crippen LogP contribution >= 0.6 is 0 Å². The van der Waals surface area contributed by atoms with Crippen molar-refractivity contribution < 1.29 is 55.1 Å². The van der Waals surface area contributed by atoms with Crippen LogP contribution in [0.5, 0.6) is 51.7 Å². The molecule has 3 aromatic rings. The number of phenols is 8. The molecule has 0 bridgehead atoms. The number of rotatable bonds is 3. The van der Waals surface area contributed by atoms with E-state index in [-0.39, 0.29) is 40.4 Å². The van der Waals surface area contributed by atoms with E-state index in [2.05, 4.69) is 0 Å². The van der Waals surface area contributed by atoms with Crippen LogP contribution in [0.2, 0.25) is 0 Å². The number of hydrogen-bond acceptors (Lipinski definition) is 11. The molecule has 0 aromatic heterocycles. The van der Waals surface area contributed by atoms with E-state index in [4.69, 9.17) is 9.47 Å². The van der Waals surface area contributed by atoms with Crippen LogP contribution in [0, 0.1) is 0 Å². The Kier molecular flexibility index (Phi) is 5.09. The average molecular weight is 458 g/mol. The van der Waals surface area contributed by atoms with Crippen LogP contribution in [0.25, 0.3) is 0 Å². The molecule has 4 rings (SSSR count). The largest absolute Gasteiger partial charge is 0.508 e. The Hall–Kier alpha value is -4.67. The molecule has 0 fully saturated rings.